The molecule has 1 amide bonds. The Labute approximate surface area is 149 Å². The number of hydrogen-bond donors (Lipinski definition) is 3. The smallest absolute Gasteiger partial charge is 0.329 e. The second-order valence-electron chi connectivity index (χ2n) is 6.05. The van der Waals surface area contributed by atoms with E-state index in [4.69, 9.17) is 19.7 Å². The number of rotatable bonds is 7. The number of aliphatic hydroxyl groups excluding tert-OH is 1. The summed E-state index contributed by atoms with van der Waals surface area (Å²) >= 11 is 0. The Kier molecular flexibility index (Phi) is 5.82. The number of aromatic nitrogens is 2. The van der Waals surface area contributed by atoms with Crippen LogP contribution in [0, 0.1) is 0 Å². The van der Waals surface area contributed by atoms with E-state index < -0.39 is 24.7 Å². The molecular weight excluding hydrogens is 342 g/mol. The number of nitrogens with one attached hydrogen (secondary N) is 1. The van der Waals surface area contributed by atoms with Crippen LogP contribution in [-0.2, 0) is 20.8 Å². The van der Waals surface area contributed by atoms with Gasteiger partial charge in [-0.25, -0.2) is 9.78 Å². The van der Waals surface area contributed by atoms with Crippen LogP contribution in [-0.4, -0.2) is 70.2 Å². The van der Waals surface area contributed by atoms with Crippen molar-refractivity contribution >= 4 is 22.9 Å². The summed E-state index contributed by atoms with van der Waals surface area (Å²) < 4.78 is 12.5. The van der Waals surface area contributed by atoms with Crippen molar-refractivity contribution in [2.75, 3.05) is 26.4 Å². The number of aliphatic carboxylic acids is 1. The van der Waals surface area contributed by atoms with Crippen LogP contribution in [0.15, 0.2) is 24.5 Å². The molecule has 1 aromatic heterocycles. The Hall–Kier alpha value is -2.49. The summed E-state index contributed by atoms with van der Waals surface area (Å²) in [6.45, 7) is 0.761. The van der Waals surface area contributed by atoms with Crippen molar-refractivity contribution in [3.05, 3.63) is 30.1 Å². The molecule has 0 unspecified atom stereocenters. The van der Waals surface area contributed by atoms with Gasteiger partial charge in [0.1, 0.15) is 6.61 Å². The molecule has 2 aromatic rings. The molecule has 0 aliphatic carbocycles. The lowest BCUT2D eigenvalue weighted by Gasteiger charge is -2.31. The second kappa shape index (κ2) is 8.26. The highest BCUT2D eigenvalue weighted by Crippen LogP contribution is 2.17. The molecule has 0 bridgehead atoms. The van der Waals surface area contributed by atoms with Gasteiger partial charge < -0.3 is 29.6 Å². The molecule has 0 radical (unpaired) electrons. The first-order chi connectivity index (χ1) is 12.6. The number of nitrogens with zero attached hydrogens (tertiary/aromatic N) is 2. The predicted octanol–water partition coefficient (Wildman–Crippen LogP) is 0.0171. The number of carboxylic acid groups (broad SMARTS) is 1. The lowest BCUT2D eigenvalue weighted by molar-refractivity contribution is -0.147. The first kappa shape index (κ1) is 18.3. The Morgan fingerprint density at radius 3 is 3.04 bits per heavy atom. The molecule has 1 fully saturated rings. The highest BCUT2D eigenvalue weighted by atomic mass is 16.5. The normalized spacial score (nSPS) is 20.2. The number of aliphatic hydroxyl groups is 1. The van der Waals surface area contributed by atoms with Crippen molar-refractivity contribution in [3.63, 3.8) is 0 Å². The topological polar surface area (TPSA) is 123 Å². The van der Waals surface area contributed by atoms with E-state index in [-0.39, 0.29) is 19.1 Å². The van der Waals surface area contributed by atoms with Gasteiger partial charge in [0.2, 0.25) is 0 Å². The van der Waals surface area contributed by atoms with Crippen LogP contribution >= 0.6 is 0 Å². The number of benzene rings is 1. The molecule has 1 saturated heterocycles. The van der Waals surface area contributed by atoms with Crippen molar-refractivity contribution in [1.82, 2.24) is 14.9 Å². The molecule has 1 aliphatic rings. The molecule has 1 aliphatic heterocycles. The summed E-state index contributed by atoms with van der Waals surface area (Å²) in [5.74, 6) is -1.35. The lowest BCUT2D eigenvalue weighted by atomic mass is 10.1. The quantitative estimate of drug-likeness (QED) is 0.633. The molecule has 1 aromatic carbocycles. The molecule has 0 spiro atoms. The van der Waals surface area contributed by atoms with Crippen LogP contribution in [0.3, 0.4) is 0 Å². The highest BCUT2D eigenvalue weighted by molar-refractivity contribution is 5.97. The van der Waals surface area contributed by atoms with Crippen LogP contribution in [0.25, 0.3) is 11.0 Å². The first-order valence-electron chi connectivity index (χ1n) is 8.36. The van der Waals surface area contributed by atoms with E-state index in [0.29, 0.717) is 30.7 Å². The molecule has 9 nitrogen and oxygen atoms in total. The van der Waals surface area contributed by atoms with E-state index in [9.17, 15) is 9.59 Å². The van der Waals surface area contributed by atoms with E-state index in [2.05, 4.69) is 10.3 Å². The van der Waals surface area contributed by atoms with Crippen LogP contribution < -0.4 is 5.32 Å². The molecule has 2 atom stereocenters. The molecule has 9 heteroatoms. The van der Waals surface area contributed by atoms with E-state index in [1.54, 1.807) is 24.5 Å². The molecule has 3 N–H and O–H groups in total. The van der Waals surface area contributed by atoms with Crippen molar-refractivity contribution in [2.45, 2.75) is 25.1 Å². The van der Waals surface area contributed by atoms with Crippen molar-refractivity contribution in [3.8, 4) is 0 Å². The molecule has 26 heavy (non-hydrogen) atoms. The highest BCUT2D eigenvalue weighted by Gasteiger charge is 2.29. The maximum atomic E-state index is 12.6. The summed E-state index contributed by atoms with van der Waals surface area (Å²) in [5.41, 5.74) is 1.93. The standard InChI is InChI=1S/C17H21N3O6/c21-5-4-20-10-18-12-7-11(1-2-14(12)20)17(24)19-13-8-25-6-3-15(13)26-9-16(22)23/h1-2,7,10,13,15,21H,3-6,8-9H2,(H,19,24)(H,22,23)/t13-,15+/m0/s1. The third-order valence-electron chi connectivity index (χ3n) is 4.25. The average molecular weight is 363 g/mol. The van der Waals surface area contributed by atoms with Gasteiger partial charge in [-0.15, -0.1) is 0 Å². The molecule has 2 heterocycles. The maximum Gasteiger partial charge on any atom is 0.329 e. The zero-order valence-electron chi connectivity index (χ0n) is 14.1. The third-order valence-corrected chi connectivity index (χ3v) is 4.25. The number of imidazole rings is 1. The number of fused-ring (bicyclic) bond motifs is 1. The fourth-order valence-electron chi connectivity index (χ4n) is 2.97. The van der Waals surface area contributed by atoms with Gasteiger partial charge in [-0.3, -0.25) is 4.79 Å². The van der Waals surface area contributed by atoms with Crippen LogP contribution in [0.1, 0.15) is 16.8 Å². The summed E-state index contributed by atoms with van der Waals surface area (Å²) in [5, 5.41) is 20.7. The van der Waals surface area contributed by atoms with Gasteiger partial charge >= 0.3 is 5.97 Å². The van der Waals surface area contributed by atoms with Gasteiger partial charge in [0.05, 0.1) is 42.7 Å². The first-order valence-corrected chi connectivity index (χ1v) is 8.36. The number of ether oxygens (including phenoxy) is 2. The minimum atomic E-state index is -1.05. The Morgan fingerprint density at radius 2 is 2.27 bits per heavy atom. The number of hydrogen-bond acceptors (Lipinski definition) is 6. The number of carboxylic acids is 1. The SMILES string of the molecule is O=C(O)CO[C@@H]1CCOC[C@@H]1NC(=O)c1ccc2c(c1)ncn2CCO. The van der Waals surface area contributed by atoms with Crippen LogP contribution in [0.5, 0.6) is 0 Å². The number of carbonyl (C=O) groups is 2. The molecule has 140 valence electrons. The van der Waals surface area contributed by atoms with Gasteiger partial charge in [0.25, 0.3) is 5.91 Å². The van der Waals surface area contributed by atoms with Gasteiger partial charge in [-0.2, -0.15) is 0 Å². The fraction of sp³-hybridized carbons (Fsp3) is 0.471. The van der Waals surface area contributed by atoms with Crippen molar-refractivity contribution < 1.29 is 29.3 Å². The summed E-state index contributed by atoms with van der Waals surface area (Å²) in [4.78, 5) is 27.5. The molecular formula is C17H21N3O6. The maximum absolute atomic E-state index is 12.6. The van der Waals surface area contributed by atoms with Crippen LogP contribution in [0.2, 0.25) is 0 Å². The Morgan fingerprint density at radius 1 is 1.42 bits per heavy atom. The number of carbonyl (C=O) groups excluding carboxylic acids is 1. The van der Waals surface area contributed by atoms with Crippen LogP contribution in [0.4, 0.5) is 0 Å². The van der Waals surface area contributed by atoms with E-state index in [0.717, 1.165) is 5.52 Å². The fourth-order valence-corrected chi connectivity index (χ4v) is 2.97. The minimum absolute atomic E-state index is 0.00705. The largest absolute Gasteiger partial charge is 0.480 e. The summed E-state index contributed by atoms with van der Waals surface area (Å²) in [7, 11) is 0. The zero-order valence-corrected chi connectivity index (χ0v) is 14.1. The minimum Gasteiger partial charge on any atom is -0.480 e. The molecule has 0 saturated carbocycles. The predicted molar refractivity (Wildman–Crippen MR) is 90.9 cm³/mol. The van der Waals surface area contributed by atoms with Gasteiger partial charge in [-0.1, -0.05) is 0 Å². The average Bonchev–Trinajstić information content (AvgIpc) is 3.03. The van der Waals surface area contributed by atoms with Crippen molar-refractivity contribution in [2.24, 2.45) is 0 Å². The lowest BCUT2D eigenvalue weighted by Crippen LogP contribution is -2.51. The monoisotopic (exact) mass is 363 g/mol. The van der Waals surface area contributed by atoms with E-state index in [1.165, 1.54) is 0 Å². The van der Waals surface area contributed by atoms with E-state index in [1.807, 2.05) is 4.57 Å². The number of amides is 1. The Bertz CT molecular complexity index is 790. The van der Waals surface area contributed by atoms with Crippen molar-refractivity contribution in [1.29, 1.82) is 0 Å². The zero-order chi connectivity index (χ0) is 18.5. The van der Waals surface area contributed by atoms with E-state index >= 15 is 0 Å². The van der Waals surface area contributed by atoms with Gasteiger partial charge in [0.15, 0.2) is 0 Å². The second-order valence-corrected chi connectivity index (χ2v) is 6.05. The van der Waals surface area contributed by atoms with Gasteiger partial charge in [-0.05, 0) is 24.6 Å². The summed E-state index contributed by atoms with van der Waals surface area (Å²) in [6, 6.07) is 4.72. The third kappa shape index (κ3) is 4.18. The van der Waals surface area contributed by atoms with Gasteiger partial charge in [0, 0.05) is 18.7 Å². The Balaban J connectivity index is 1.69. The molecule has 3 rings (SSSR count). The summed E-state index contributed by atoms with van der Waals surface area (Å²) in [6.07, 6.45) is 1.73.